The number of pyridine rings is 1. The number of fused-ring (bicyclic) bond motifs is 1. The van der Waals surface area contributed by atoms with E-state index < -0.39 is 0 Å². The normalized spacial score (nSPS) is 15.9. The molecule has 0 aromatic carbocycles. The molecule has 2 amide bonds. The number of hydrogen-bond donors (Lipinski definition) is 1. The molecule has 8 heteroatoms. The topological polar surface area (TPSA) is 97.4 Å². The summed E-state index contributed by atoms with van der Waals surface area (Å²) in [7, 11) is 1.83. The molecular formula is C16H22N6O2. The number of nitrogens with two attached hydrogens (primary N) is 1. The van der Waals surface area contributed by atoms with Crippen LogP contribution >= 0.6 is 0 Å². The second kappa shape index (κ2) is 6.20. The first-order valence-corrected chi connectivity index (χ1v) is 7.97. The Morgan fingerprint density at radius 2 is 1.88 bits per heavy atom. The predicted molar refractivity (Wildman–Crippen MR) is 89.5 cm³/mol. The van der Waals surface area contributed by atoms with Crippen molar-refractivity contribution in [3.8, 4) is 0 Å². The van der Waals surface area contributed by atoms with Crippen molar-refractivity contribution in [3.05, 3.63) is 23.0 Å². The lowest BCUT2D eigenvalue weighted by molar-refractivity contribution is -0.119. The molecule has 0 unspecified atom stereocenters. The van der Waals surface area contributed by atoms with Crippen molar-refractivity contribution in [3.63, 3.8) is 0 Å². The number of piperazine rings is 1. The lowest BCUT2D eigenvalue weighted by atomic mass is 10.1. The van der Waals surface area contributed by atoms with E-state index in [0.29, 0.717) is 31.7 Å². The average Bonchev–Trinajstić information content (AvgIpc) is 2.80. The number of rotatable bonds is 3. The maximum atomic E-state index is 13.0. The number of primary amides is 1. The van der Waals surface area contributed by atoms with Crippen molar-refractivity contribution in [2.75, 3.05) is 32.7 Å². The summed E-state index contributed by atoms with van der Waals surface area (Å²) in [6.45, 7) is 6.46. The van der Waals surface area contributed by atoms with Gasteiger partial charge in [-0.2, -0.15) is 5.10 Å². The van der Waals surface area contributed by atoms with Gasteiger partial charge in [0, 0.05) is 38.9 Å². The van der Waals surface area contributed by atoms with E-state index in [9.17, 15) is 9.59 Å². The maximum Gasteiger partial charge on any atom is 0.254 e. The molecule has 1 aliphatic heterocycles. The summed E-state index contributed by atoms with van der Waals surface area (Å²) in [5.41, 5.74) is 8.19. The van der Waals surface area contributed by atoms with Gasteiger partial charge < -0.3 is 10.6 Å². The van der Waals surface area contributed by atoms with E-state index >= 15 is 0 Å². The van der Waals surface area contributed by atoms with Crippen LogP contribution < -0.4 is 5.73 Å². The summed E-state index contributed by atoms with van der Waals surface area (Å²) in [4.78, 5) is 32.3. The lowest BCUT2D eigenvalue weighted by Gasteiger charge is -2.34. The van der Waals surface area contributed by atoms with Gasteiger partial charge in [-0.15, -0.1) is 0 Å². The minimum atomic E-state index is -0.341. The standard InChI is InChI=1S/C16H22N6O2/c1-10-8-12(14-11(2)19-20(3)15(14)18-10)16(24)22-6-4-21(5-7-22)9-13(17)23/h8H,4-7,9H2,1-3H3,(H2,17,23). The molecular weight excluding hydrogens is 308 g/mol. The Labute approximate surface area is 140 Å². The molecule has 0 saturated carbocycles. The first-order valence-electron chi connectivity index (χ1n) is 7.97. The molecule has 0 bridgehead atoms. The quantitative estimate of drug-likeness (QED) is 0.842. The number of amides is 2. The van der Waals surface area contributed by atoms with Gasteiger partial charge in [-0.3, -0.25) is 19.2 Å². The Morgan fingerprint density at radius 1 is 1.21 bits per heavy atom. The van der Waals surface area contributed by atoms with E-state index in [1.54, 1.807) is 4.68 Å². The smallest absolute Gasteiger partial charge is 0.254 e. The Morgan fingerprint density at radius 3 is 2.50 bits per heavy atom. The van der Waals surface area contributed by atoms with Crippen LogP contribution in [0.2, 0.25) is 0 Å². The van der Waals surface area contributed by atoms with Gasteiger partial charge in [-0.25, -0.2) is 4.98 Å². The molecule has 1 aliphatic rings. The molecule has 3 rings (SSSR count). The lowest BCUT2D eigenvalue weighted by Crippen LogP contribution is -2.50. The highest BCUT2D eigenvalue weighted by Crippen LogP contribution is 2.23. The highest BCUT2D eigenvalue weighted by molar-refractivity contribution is 6.06. The highest BCUT2D eigenvalue weighted by Gasteiger charge is 2.26. The summed E-state index contributed by atoms with van der Waals surface area (Å²) in [6, 6.07) is 1.83. The Bertz CT molecular complexity index is 804. The van der Waals surface area contributed by atoms with Gasteiger partial charge in [-0.05, 0) is 19.9 Å². The van der Waals surface area contributed by atoms with Crippen LogP contribution in [-0.4, -0.2) is 69.1 Å². The molecule has 1 saturated heterocycles. The van der Waals surface area contributed by atoms with Crippen LogP contribution in [0.25, 0.3) is 11.0 Å². The highest BCUT2D eigenvalue weighted by atomic mass is 16.2. The van der Waals surface area contributed by atoms with E-state index in [4.69, 9.17) is 5.73 Å². The monoisotopic (exact) mass is 330 g/mol. The van der Waals surface area contributed by atoms with Gasteiger partial charge in [-0.1, -0.05) is 0 Å². The van der Waals surface area contributed by atoms with Crippen LogP contribution in [0, 0.1) is 13.8 Å². The third-order valence-corrected chi connectivity index (χ3v) is 4.37. The van der Waals surface area contributed by atoms with E-state index in [-0.39, 0.29) is 18.4 Å². The van der Waals surface area contributed by atoms with Gasteiger partial charge in [0.25, 0.3) is 5.91 Å². The minimum absolute atomic E-state index is 0.0136. The molecule has 2 N–H and O–H groups in total. The second-order valence-electron chi connectivity index (χ2n) is 6.25. The fourth-order valence-electron chi connectivity index (χ4n) is 3.24. The molecule has 8 nitrogen and oxygen atoms in total. The number of nitrogens with zero attached hydrogens (tertiary/aromatic N) is 5. The fraction of sp³-hybridized carbons (Fsp3) is 0.500. The Kier molecular flexibility index (Phi) is 4.23. The zero-order valence-electron chi connectivity index (χ0n) is 14.2. The molecule has 2 aromatic rings. The number of aromatic nitrogens is 3. The van der Waals surface area contributed by atoms with E-state index in [2.05, 4.69) is 10.1 Å². The van der Waals surface area contributed by atoms with Gasteiger partial charge in [0.15, 0.2) is 5.65 Å². The van der Waals surface area contributed by atoms with Crippen LogP contribution in [0.5, 0.6) is 0 Å². The molecule has 24 heavy (non-hydrogen) atoms. The maximum absolute atomic E-state index is 13.0. The van der Waals surface area contributed by atoms with Crippen molar-refractivity contribution >= 4 is 22.8 Å². The summed E-state index contributed by atoms with van der Waals surface area (Å²) in [5.74, 6) is -0.354. The van der Waals surface area contributed by atoms with Gasteiger partial charge in [0.1, 0.15) is 0 Å². The second-order valence-corrected chi connectivity index (χ2v) is 6.25. The summed E-state index contributed by atoms with van der Waals surface area (Å²) < 4.78 is 1.71. The summed E-state index contributed by atoms with van der Waals surface area (Å²) >= 11 is 0. The molecule has 0 atom stereocenters. The average molecular weight is 330 g/mol. The predicted octanol–water partition coefficient (Wildman–Crippen LogP) is -0.172. The molecule has 0 spiro atoms. The summed E-state index contributed by atoms with van der Waals surface area (Å²) in [5, 5.41) is 5.20. The number of hydrogen-bond acceptors (Lipinski definition) is 5. The van der Waals surface area contributed by atoms with Crippen LogP contribution in [0.15, 0.2) is 6.07 Å². The fourth-order valence-corrected chi connectivity index (χ4v) is 3.24. The number of carbonyl (C=O) groups excluding carboxylic acids is 2. The van der Waals surface area contributed by atoms with Crippen molar-refractivity contribution in [1.82, 2.24) is 24.6 Å². The Hall–Kier alpha value is -2.48. The van der Waals surface area contributed by atoms with Crippen LogP contribution in [0.4, 0.5) is 0 Å². The van der Waals surface area contributed by atoms with Crippen LogP contribution in [0.3, 0.4) is 0 Å². The molecule has 0 aliphatic carbocycles. The molecule has 3 heterocycles. The van der Waals surface area contributed by atoms with E-state index in [1.807, 2.05) is 36.8 Å². The SMILES string of the molecule is Cc1cc(C(=O)N2CCN(CC(N)=O)CC2)c2c(C)nn(C)c2n1. The van der Waals surface area contributed by atoms with Gasteiger partial charge in [0.2, 0.25) is 5.91 Å². The third-order valence-electron chi connectivity index (χ3n) is 4.37. The van der Waals surface area contributed by atoms with E-state index in [0.717, 1.165) is 22.4 Å². The van der Waals surface area contributed by atoms with Crippen molar-refractivity contribution in [2.45, 2.75) is 13.8 Å². The molecule has 0 radical (unpaired) electrons. The summed E-state index contributed by atoms with van der Waals surface area (Å²) in [6.07, 6.45) is 0. The first-order chi connectivity index (χ1) is 11.4. The zero-order chi connectivity index (χ0) is 17.4. The van der Waals surface area contributed by atoms with Crippen molar-refractivity contribution in [1.29, 1.82) is 0 Å². The van der Waals surface area contributed by atoms with Crippen molar-refractivity contribution in [2.24, 2.45) is 12.8 Å². The Balaban J connectivity index is 1.86. The van der Waals surface area contributed by atoms with Crippen LogP contribution in [-0.2, 0) is 11.8 Å². The van der Waals surface area contributed by atoms with Gasteiger partial charge >= 0.3 is 0 Å². The zero-order valence-corrected chi connectivity index (χ0v) is 14.2. The third kappa shape index (κ3) is 2.96. The largest absolute Gasteiger partial charge is 0.369 e. The molecule has 128 valence electrons. The molecule has 1 fully saturated rings. The minimum Gasteiger partial charge on any atom is -0.369 e. The first kappa shape index (κ1) is 16.4. The van der Waals surface area contributed by atoms with Gasteiger partial charge in [0.05, 0.1) is 23.2 Å². The van der Waals surface area contributed by atoms with E-state index in [1.165, 1.54) is 0 Å². The molecule has 2 aromatic heterocycles. The van der Waals surface area contributed by atoms with Crippen molar-refractivity contribution < 1.29 is 9.59 Å². The van der Waals surface area contributed by atoms with Crippen LogP contribution in [0.1, 0.15) is 21.7 Å². The number of aryl methyl sites for hydroxylation is 3. The number of carbonyl (C=O) groups is 2.